The number of anilines is 2. The van der Waals surface area contributed by atoms with Crippen LogP contribution in [0.5, 0.6) is 5.75 Å². The van der Waals surface area contributed by atoms with Crippen molar-refractivity contribution < 1.29 is 9.53 Å². The highest BCUT2D eigenvalue weighted by atomic mass is 35.5. The van der Waals surface area contributed by atoms with Crippen molar-refractivity contribution in [3.8, 4) is 5.75 Å². The van der Waals surface area contributed by atoms with Gasteiger partial charge in [0.2, 0.25) is 5.91 Å². The Bertz CT molecular complexity index is 1180. The summed E-state index contributed by atoms with van der Waals surface area (Å²) < 4.78 is 6.30. The zero-order valence-corrected chi connectivity index (χ0v) is 19.9. The Hall–Kier alpha value is -3.50. The van der Waals surface area contributed by atoms with E-state index in [1.807, 2.05) is 42.5 Å². The van der Waals surface area contributed by atoms with Gasteiger partial charge in [-0.15, -0.1) is 0 Å². The minimum absolute atomic E-state index is 0.261. The van der Waals surface area contributed by atoms with Crippen LogP contribution >= 0.6 is 11.6 Å². The number of halogens is 1. The number of nitrogens with one attached hydrogen (secondary N) is 1. The van der Waals surface area contributed by atoms with Gasteiger partial charge in [0.25, 0.3) is 0 Å². The second kappa shape index (κ2) is 11.4. The number of carbonyl (C=O) groups excluding carboxylic acids is 1. The maximum absolute atomic E-state index is 12.5. The van der Waals surface area contributed by atoms with E-state index in [2.05, 4.69) is 38.2 Å². The van der Waals surface area contributed by atoms with E-state index in [1.54, 1.807) is 18.2 Å². The van der Waals surface area contributed by atoms with E-state index in [0.717, 1.165) is 34.4 Å². The summed E-state index contributed by atoms with van der Waals surface area (Å²) in [4.78, 5) is 12.5. The summed E-state index contributed by atoms with van der Waals surface area (Å²) in [5, 5.41) is 3.50. The average Bonchev–Trinajstić information content (AvgIpc) is 2.78. The molecule has 1 amide bonds. The number of ether oxygens (including phenoxy) is 1. The van der Waals surface area contributed by atoms with Crippen LogP contribution in [-0.4, -0.2) is 5.91 Å². The highest BCUT2D eigenvalue weighted by Crippen LogP contribution is 2.31. The molecule has 3 aromatic rings. The van der Waals surface area contributed by atoms with Crippen molar-refractivity contribution in [3.63, 3.8) is 0 Å². The van der Waals surface area contributed by atoms with E-state index >= 15 is 0 Å². The van der Waals surface area contributed by atoms with Gasteiger partial charge in [0.1, 0.15) is 12.4 Å². The molecule has 170 valence electrons. The molecule has 0 aliphatic carbocycles. The number of hydrogen-bond donors (Lipinski definition) is 2. The standard InChI is InChI=1S/C28H29ClN2O2/c1-19(2)8-16-24-20(3)9-12-22(28(24)33-18-21-10-14-23(29)15-11-21)13-17-27(32)31-26-7-5-4-6-25(26)30/h4-15,17H,16,18,30H2,1-3H3,(H,31,32)/b17-13-. The fourth-order valence-electron chi connectivity index (χ4n) is 3.29. The number of hydrogen-bond acceptors (Lipinski definition) is 3. The van der Waals surface area contributed by atoms with E-state index in [1.165, 1.54) is 11.6 Å². The predicted octanol–water partition coefficient (Wildman–Crippen LogP) is 6.97. The summed E-state index contributed by atoms with van der Waals surface area (Å²) in [5.41, 5.74) is 12.3. The van der Waals surface area contributed by atoms with Gasteiger partial charge in [-0.05, 0) is 68.7 Å². The minimum atomic E-state index is -0.261. The zero-order valence-electron chi connectivity index (χ0n) is 19.2. The molecule has 0 radical (unpaired) electrons. The Kier molecular flexibility index (Phi) is 8.34. The maximum Gasteiger partial charge on any atom is 0.248 e. The first kappa shape index (κ1) is 24.1. The molecule has 0 fully saturated rings. The van der Waals surface area contributed by atoms with Crippen molar-refractivity contribution in [1.29, 1.82) is 0 Å². The molecule has 0 aliphatic heterocycles. The number of nitrogen functional groups attached to an aromatic ring is 1. The maximum atomic E-state index is 12.5. The first-order valence-corrected chi connectivity index (χ1v) is 11.2. The summed E-state index contributed by atoms with van der Waals surface area (Å²) in [7, 11) is 0. The lowest BCUT2D eigenvalue weighted by Gasteiger charge is -2.16. The van der Waals surface area contributed by atoms with Crippen LogP contribution in [0.2, 0.25) is 5.02 Å². The van der Waals surface area contributed by atoms with Gasteiger partial charge in [-0.3, -0.25) is 4.79 Å². The van der Waals surface area contributed by atoms with Crippen LogP contribution in [0, 0.1) is 6.92 Å². The molecule has 0 aromatic heterocycles. The lowest BCUT2D eigenvalue weighted by atomic mass is 9.99. The summed E-state index contributed by atoms with van der Waals surface area (Å²) in [6.07, 6.45) is 6.20. The summed E-state index contributed by atoms with van der Waals surface area (Å²) in [5.74, 6) is 0.508. The van der Waals surface area contributed by atoms with Crippen molar-refractivity contribution >= 4 is 35.0 Å². The summed E-state index contributed by atoms with van der Waals surface area (Å²) in [6, 6.07) is 18.8. The number of para-hydroxylation sites is 2. The quantitative estimate of drug-likeness (QED) is 0.217. The molecule has 5 heteroatoms. The number of nitrogens with two attached hydrogens (primary N) is 1. The summed E-state index contributed by atoms with van der Waals surface area (Å²) in [6.45, 7) is 6.62. The van der Waals surface area contributed by atoms with E-state index < -0.39 is 0 Å². The molecular formula is C28H29ClN2O2. The first-order chi connectivity index (χ1) is 15.8. The van der Waals surface area contributed by atoms with Gasteiger partial charge in [-0.25, -0.2) is 0 Å². The van der Waals surface area contributed by atoms with Crippen LogP contribution < -0.4 is 15.8 Å². The Morgan fingerprint density at radius 3 is 2.48 bits per heavy atom. The van der Waals surface area contributed by atoms with Crippen molar-refractivity contribution in [1.82, 2.24) is 0 Å². The van der Waals surface area contributed by atoms with Crippen LogP contribution in [0.3, 0.4) is 0 Å². The molecule has 33 heavy (non-hydrogen) atoms. The number of rotatable bonds is 8. The molecule has 0 unspecified atom stereocenters. The van der Waals surface area contributed by atoms with Crippen molar-refractivity contribution in [2.24, 2.45) is 0 Å². The van der Waals surface area contributed by atoms with Gasteiger partial charge >= 0.3 is 0 Å². The molecule has 0 spiro atoms. The van der Waals surface area contributed by atoms with Crippen molar-refractivity contribution in [2.45, 2.75) is 33.8 Å². The lowest BCUT2D eigenvalue weighted by Crippen LogP contribution is -2.09. The molecular weight excluding hydrogens is 432 g/mol. The summed E-state index contributed by atoms with van der Waals surface area (Å²) >= 11 is 6.01. The van der Waals surface area contributed by atoms with Crippen molar-refractivity contribution in [3.05, 3.63) is 106 Å². The predicted molar refractivity (Wildman–Crippen MR) is 139 cm³/mol. The van der Waals surface area contributed by atoms with Crippen LogP contribution in [-0.2, 0) is 17.8 Å². The van der Waals surface area contributed by atoms with E-state index in [0.29, 0.717) is 23.0 Å². The van der Waals surface area contributed by atoms with Gasteiger partial charge in [-0.2, -0.15) is 0 Å². The zero-order chi connectivity index (χ0) is 23.8. The highest BCUT2D eigenvalue weighted by molar-refractivity contribution is 6.30. The number of amides is 1. The third kappa shape index (κ3) is 6.99. The fourth-order valence-corrected chi connectivity index (χ4v) is 3.42. The second-order valence-corrected chi connectivity index (χ2v) is 8.53. The molecule has 0 saturated carbocycles. The number of carbonyl (C=O) groups is 1. The van der Waals surface area contributed by atoms with Crippen LogP contribution in [0.15, 0.2) is 78.4 Å². The van der Waals surface area contributed by atoms with Crippen LogP contribution in [0.25, 0.3) is 6.08 Å². The molecule has 0 saturated heterocycles. The van der Waals surface area contributed by atoms with E-state index in [4.69, 9.17) is 22.1 Å². The molecule has 4 nitrogen and oxygen atoms in total. The normalized spacial score (nSPS) is 10.8. The number of allylic oxidation sites excluding steroid dienone is 2. The van der Waals surface area contributed by atoms with E-state index in [-0.39, 0.29) is 5.91 Å². The van der Waals surface area contributed by atoms with Gasteiger partial charge in [0.05, 0.1) is 11.4 Å². The Labute approximate surface area is 200 Å². The van der Waals surface area contributed by atoms with Gasteiger partial charge in [0.15, 0.2) is 0 Å². The van der Waals surface area contributed by atoms with Crippen LogP contribution in [0.4, 0.5) is 11.4 Å². The van der Waals surface area contributed by atoms with Gasteiger partial charge in [0, 0.05) is 22.2 Å². The Morgan fingerprint density at radius 1 is 1.06 bits per heavy atom. The van der Waals surface area contributed by atoms with Crippen molar-refractivity contribution in [2.75, 3.05) is 11.1 Å². The van der Waals surface area contributed by atoms with Gasteiger partial charge < -0.3 is 15.8 Å². The Morgan fingerprint density at radius 2 is 1.79 bits per heavy atom. The molecule has 3 rings (SSSR count). The molecule has 0 heterocycles. The third-order valence-corrected chi connectivity index (χ3v) is 5.42. The number of aryl methyl sites for hydroxylation is 1. The lowest BCUT2D eigenvalue weighted by molar-refractivity contribution is -0.111. The molecule has 0 bridgehead atoms. The minimum Gasteiger partial charge on any atom is -0.488 e. The molecule has 0 aliphatic rings. The second-order valence-electron chi connectivity index (χ2n) is 8.09. The monoisotopic (exact) mass is 460 g/mol. The van der Waals surface area contributed by atoms with E-state index in [9.17, 15) is 4.79 Å². The van der Waals surface area contributed by atoms with Gasteiger partial charge in [-0.1, -0.05) is 59.6 Å². The average molecular weight is 461 g/mol. The fraction of sp³-hybridized carbons (Fsp3) is 0.179. The SMILES string of the molecule is CC(C)=CCc1c(C)ccc(/C=C\C(=O)Nc2ccccc2N)c1OCc1ccc(Cl)cc1. The molecule has 0 atom stereocenters. The topological polar surface area (TPSA) is 64.4 Å². The first-order valence-electron chi connectivity index (χ1n) is 10.8. The highest BCUT2D eigenvalue weighted by Gasteiger charge is 2.12. The molecule has 3 N–H and O–H groups in total. The smallest absolute Gasteiger partial charge is 0.248 e. The Balaban J connectivity index is 1.88. The third-order valence-electron chi connectivity index (χ3n) is 5.17. The largest absolute Gasteiger partial charge is 0.488 e. The van der Waals surface area contributed by atoms with Crippen LogP contribution in [0.1, 0.15) is 36.1 Å². The number of benzene rings is 3. The molecule has 3 aromatic carbocycles.